The van der Waals surface area contributed by atoms with E-state index in [2.05, 4.69) is 10.4 Å². The van der Waals surface area contributed by atoms with Crippen molar-refractivity contribution in [1.29, 1.82) is 0 Å². The second kappa shape index (κ2) is 7.13. The fourth-order valence-corrected chi connectivity index (χ4v) is 2.53. The monoisotopic (exact) mass is 340 g/mol. The number of hydrogen-bond donors (Lipinski definition) is 1. The van der Waals surface area contributed by atoms with Gasteiger partial charge >= 0.3 is 0 Å². The summed E-state index contributed by atoms with van der Waals surface area (Å²) < 4.78 is 1.77. The van der Waals surface area contributed by atoms with Gasteiger partial charge in [-0.25, -0.2) is 0 Å². The van der Waals surface area contributed by atoms with Gasteiger partial charge in [0.15, 0.2) is 0 Å². The molecule has 0 aliphatic heterocycles. The number of aromatic nitrogens is 2. The predicted octanol–water partition coefficient (Wildman–Crippen LogP) is 3.11. The molecule has 0 aliphatic rings. The number of hydrogen-bond acceptors (Lipinski definition) is 3. The van der Waals surface area contributed by atoms with Crippen LogP contribution in [-0.2, 0) is 18.4 Å². The highest BCUT2D eigenvalue weighted by atomic mass is 35.5. The minimum absolute atomic E-state index is 0.145. The molecule has 1 heterocycles. The molecule has 0 saturated heterocycles. The summed E-state index contributed by atoms with van der Waals surface area (Å²) in [5.41, 5.74) is 2.58. The van der Waals surface area contributed by atoms with Crippen LogP contribution in [0.1, 0.15) is 11.3 Å². The Morgan fingerprint density at radius 2 is 2.14 bits per heavy atom. The molecule has 118 valence electrons. The first-order chi connectivity index (χ1) is 10.4. The number of likely N-dealkylation sites (N-methyl/N-ethyl adjacent to an activating group) is 1. The van der Waals surface area contributed by atoms with Gasteiger partial charge in [0.05, 0.1) is 28.0 Å². The molecule has 1 aromatic heterocycles. The Morgan fingerprint density at radius 3 is 2.77 bits per heavy atom. The first kappa shape index (κ1) is 16.8. The van der Waals surface area contributed by atoms with E-state index in [0.717, 1.165) is 11.3 Å². The maximum Gasteiger partial charge on any atom is 0.238 e. The molecule has 1 N–H and O–H groups in total. The highest BCUT2D eigenvalue weighted by Gasteiger charge is 2.12. The zero-order chi connectivity index (χ0) is 16.3. The van der Waals surface area contributed by atoms with Crippen molar-refractivity contribution in [2.75, 3.05) is 18.9 Å². The summed E-state index contributed by atoms with van der Waals surface area (Å²) in [5.74, 6) is -0.145. The topological polar surface area (TPSA) is 50.2 Å². The van der Waals surface area contributed by atoms with Crippen LogP contribution in [0, 0.1) is 6.92 Å². The van der Waals surface area contributed by atoms with Gasteiger partial charge in [0.1, 0.15) is 0 Å². The van der Waals surface area contributed by atoms with E-state index in [-0.39, 0.29) is 12.5 Å². The highest BCUT2D eigenvalue weighted by Crippen LogP contribution is 2.29. The minimum atomic E-state index is -0.145. The first-order valence-electron chi connectivity index (χ1n) is 6.78. The summed E-state index contributed by atoms with van der Waals surface area (Å²) in [7, 11) is 3.76. The van der Waals surface area contributed by atoms with E-state index >= 15 is 0 Å². The molecule has 0 radical (unpaired) electrons. The van der Waals surface area contributed by atoms with Crippen molar-refractivity contribution in [2.45, 2.75) is 13.5 Å². The Hall–Kier alpha value is -1.56. The fourth-order valence-electron chi connectivity index (χ4n) is 2.19. The van der Waals surface area contributed by atoms with Crippen LogP contribution in [0.5, 0.6) is 0 Å². The minimum Gasteiger partial charge on any atom is -0.324 e. The third-order valence-corrected chi connectivity index (χ3v) is 4.01. The van der Waals surface area contributed by atoms with Crippen LogP contribution in [0.4, 0.5) is 5.69 Å². The third kappa shape index (κ3) is 4.22. The van der Waals surface area contributed by atoms with Gasteiger partial charge in [0, 0.05) is 25.4 Å². The normalized spacial score (nSPS) is 11.0. The van der Waals surface area contributed by atoms with E-state index < -0.39 is 0 Å². The average molecular weight is 341 g/mol. The molecule has 0 spiro atoms. The van der Waals surface area contributed by atoms with Gasteiger partial charge in [-0.1, -0.05) is 29.3 Å². The lowest BCUT2D eigenvalue weighted by molar-refractivity contribution is -0.117. The summed E-state index contributed by atoms with van der Waals surface area (Å²) in [4.78, 5) is 14.0. The predicted molar refractivity (Wildman–Crippen MR) is 89.4 cm³/mol. The molecule has 7 heteroatoms. The van der Waals surface area contributed by atoms with Crippen molar-refractivity contribution in [3.8, 4) is 0 Å². The fraction of sp³-hybridized carbons (Fsp3) is 0.333. The number of anilines is 1. The molecule has 1 amide bonds. The number of carbonyl (C=O) groups is 1. The smallest absolute Gasteiger partial charge is 0.238 e. The maximum absolute atomic E-state index is 12.1. The lowest BCUT2D eigenvalue weighted by Gasteiger charge is -2.16. The number of nitrogens with zero attached hydrogens (tertiary/aromatic N) is 3. The largest absolute Gasteiger partial charge is 0.324 e. The zero-order valence-corrected chi connectivity index (χ0v) is 14.2. The van der Waals surface area contributed by atoms with Gasteiger partial charge in [-0.2, -0.15) is 5.10 Å². The van der Waals surface area contributed by atoms with Gasteiger partial charge < -0.3 is 5.32 Å². The second-order valence-electron chi connectivity index (χ2n) is 5.24. The Morgan fingerprint density at radius 1 is 1.41 bits per heavy atom. The number of amides is 1. The average Bonchev–Trinajstić information content (AvgIpc) is 2.73. The number of aryl methyl sites for hydroxylation is 2. The van der Waals surface area contributed by atoms with Crippen LogP contribution < -0.4 is 5.32 Å². The summed E-state index contributed by atoms with van der Waals surface area (Å²) in [6.45, 7) is 2.85. The lowest BCUT2D eigenvalue weighted by Crippen LogP contribution is -2.30. The summed E-state index contributed by atoms with van der Waals surface area (Å²) >= 11 is 12.0. The van der Waals surface area contributed by atoms with E-state index in [1.54, 1.807) is 22.9 Å². The number of benzene rings is 1. The Kier molecular flexibility index (Phi) is 5.45. The quantitative estimate of drug-likeness (QED) is 0.909. The van der Waals surface area contributed by atoms with Crippen molar-refractivity contribution in [1.82, 2.24) is 14.7 Å². The van der Waals surface area contributed by atoms with E-state index in [0.29, 0.717) is 22.3 Å². The molecule has 0 atom stereocenters. The first-order valence-corrected chi connectivity index (χ1v) is 7.54. The Balaban J connectivity index is 1.94. The van der Waals surface area contributed by atoms with Crippen LogP contribution in [-0.4, -0.2) is 34.2 Å². The molecule has 2 rings (SSSR count). The van der Waals surface area contributed by atoms with Crippen molar-refractivity contribution in [3.63, 3.8) is 0 Å². The van der Waals surface area contributed by atoms with Gasteiger partial charge in [-0.3, -0.25) is 14.4 Å². The highest BCUT2D eigenvalue weighted by molar-refractivity contribution is 6.43. The molecule has 0 bridgehead atoms. The van der Waals surface area contributed by atoms with E-state index in [1.807, 2.05) is 32.1 Å². The lowest BCUT2D eigenvalue weighted by atomic mass is 10.2. The van der Waals surface area contributed by atoms with Gasteiger partial charge in [-0.15, -0.1) is 0 Å². The molecule has 0 fully saturated rings. The number of carbonyl (C=O) groups excluding carboxylic acids is 1. The van der Waals surface area contributed by atoms with Crippen LogP contribution in [0.15, 0.2) is 24.4 Å². The summed E-state index contributed by atoms with van der Waals surface area (Å²) in [5, 5.41) is 7.83. The molecule has 0 saturated carbocycles. The van der Waals surface area contributed by atoms with Crippen molar-refractivity contribution in [2.24, 2.45) is 7.05 Å². The van der Waals surface area contributed by atoms with E-state index in [9.17, 15) is 4.79 Å². The molecule has 0 unspecified atom stereocenters. The van der Waals surface area contributed by atoms with E-state index in [4.69, 9.17) is 23.2 Å². The Labute approximate surface area is 139 Å². The SMILES string of the molecule is Cc1nn(C)cc1CN(C)CC(=O)Nc1cccc(Cl)c1Cl. The van der Waals surface area contributed by atoms with Crippen LogP contribution >= 0.6 is 23.2 Å². The molecular formula is C15H18Cl2N4O. The van der Waals surface area contributed by atoms with Gasteiger partial charge in [-0.05, 0) is 26.1 Å². The molecular weight excluding hydrogens is 323 g/mol. The van der Waals surface area contributed by atoms with Crippen molar-refractivity contribution >= 4 is 34.8 Å². The standard InChI is InChI=1S/C15H18Cl2N4O/c1-10-11(8-21(3)19-10)7-20(2)9-14(22)18-13-6-4-5-12(16)15(13)17/h4-6,8H,7,9H2,1-3H3,(H,18,22). The molecule has 1 aromatic carbocycles. The molecule has 0 aliphatic carbocycles. The molecule has 22 heavy (non-hydrogen) atoms. The molecule has 2 aromatic rings. The maximum atomic E-state index is 12.1. The summed E-state index contributed by atoms with van der Waals surface area (Å²) in [6.07, 6.45) is 1.96. The number of halogens is 2. The number of nitrogens with one attached hydrogen (secondary N) is 1. The van der Waals surface area contributed by atoms with Crippen molar-refractivity contribution in [3.05, 3.63) is 45.7 Å². The van der Waals surface area contributed by atoms with Crippen molar-refractivity contribution < 1.29 is 4.79 Å². The van der Waals surface area contributed by atoms with Crippen LogP contribution in [0.2, 0.25) is 10.0 Å². The zero-order valence-electron chi connectivity index (χ0n) is 12.7. The second-order valence-corrected chi connectivity index (χ2v) is 6.02. The van der Waals surface area contributed by atoms with Crippen LogP contribution in [0.25, 0.3) is 0 Å². The van der Waals surface area contributed by atoms with Gasteiger partial charge in [0.25, 0.3) is 0 Å². The third-order valence-electron chi connectivity index (χ3n) is 3.19. The molecule has 5 nitrogen and oxygen atoms in total. The number of rotatable bonds is 5. The van der Waals surface area contributed by atoms with Crippen LogP contribution in [0.3, 0.4) is 0 Å². The Bertz CT molecular complexity index is 684. The summed E-state index contributed by atoms with van der Waals surface area (Å²) in [6, 6.07) is 5.14. The van der Waals surface area contributed by atoms with E-state index in [1.165, 1.54) is 0 Å². The van der Waals surface area contributed by atoms with Gasteiger partial charge in [0.2, 0.25) is 5.91 Å².